The van der Waals surface area contributed by atoms with Crippen molar-refractivity contribution in [3.8, 4) is 0 Å². The van der Waals surface area contributed by atoms with Gasteiger partial charge in [-0.05, 0) is 31.2 Å². The van der Waals surface area contributed by atoms with Gasteiger partial charge in [0.05, 0.1) is 22.7 Å². The van der Waals surface area contributed by atoms with E-state index in [1.165, 1.54) is 12.3 Å². The normalized spacial score (nSPS) is 13.4. The van der Waals surface area contributed by atoms with Crippen LogP contribution in [-0.4, -0.2) is 24.0 Å². The summed E-state index contributed by atoms with van der Waals surface area (Å²) in [5, 5.41) is 3.56. The van der Waals surface area contributed by atoms with Crippen LogP contribution >= 0.6 is 23.2 Å². The van der Waals surface area contributed by atoms with E-state index >= 15 is 0 Å². The van der Waals surface area contributed by atoms with Gasteiger partial charge >= 0.3 is 0 Å². The fourth-order valence-corrected chi connectivity index (χ4v) is 2.38. The standard InChI is InChI=1S/C16H16Cl2FN3O/c1-10(16(23)21-15-7-6-11(17)8-20-15)22(2)9-12-13(18)4-3-5-14(12)19/h3-8,10H,9H2,1-2H3,(H,20,21,23)/p+1/t10-/m0/s1. The van der Waals surface area contributed by atoms with Crippen LogP contribution in [0.3, 0.4) is 0 Å². The third kappa shape index (κ3) is 4.64. The molecule has 2 N–H and O–H groups in total. The van der Waals surface area contributed by atoms with Crippen LogP contribution in [0.15, 0.2) is 36.5 Å². The van der Waals surface area contributed by atoms with E-state index in [9.17, 15) is 9.18 Å². The maximum atomic E-state index is 13.8. The molecule has 1 aromatic heterocycles. The molecule has 23 heavy (non-hydrogen) atoms. The minimum atomic E-state index is -0.414. The minimum Gasteiger partial charge on any atom is -0.323 e. The van der Waals surface area contributed by atoms with Gasteiger partial charge < -0.3 is 10.2 Å². The molecule has 7 heteroatoms. The van der Waals surface area contributed by atoms with Crippen LogP contribution in [0, 0.1) is 5.82 Å². The summed E-state index contributed by atoms with van der Waals surface area (Å²) in [6, 6.07) is 7.40. The quantitative estimate of drug-likeness (QED) is 0.864. The topological polar surface area (TPSA) is 46.4 Å². The number of hydrogen-bond donors (Lipinski definition) is 2. The second-order valence-electron chi connectivity index (χ2n) is 5.30. The summed E-state index contributed by atoms with van der Waals surface area (Å²) in [6.45, 7) is 2.06. The van der Waals surface area contributed by atoms with Crippen LogP contribution in [0.1, 0.15) is 12.5 Å². The van der Waals surface area contributed by atoms with Crippen molar-refractivity contribution in [2.24, 2.45) is 0 Å². The van der Waals surface area contributed by atoms with E-state index in [2.05, 4.69) is 10.3 Å². The van der Waals surface area contributed by atoms with Gasteiger partial charge in [0.25, 0.3) is 5.91 Å². The molecule has 2 atom stereocenters. The lowest BCUT2D eigenvalue weighted by Crippen LogP contribution is -3.12. The molecule has 1 amide bonds. The number of halogens is 3. The van der Waals surface area contributed by atoms with E-state index in [0.717, 1.165) is 4.90 Å². The first-order chi connectivity index (χ1) is 10.9. The van der Waals surface area contributed by atoms with Crippen LogP contribution in [0.4, 0.5) is 10.2 Å². The molecule has 0 radical (unpaired) electrons. The molecular formula is C16H17Cl2FN3O+. The highest BCUT2D eigenvalue weighted by molar-refractivity contribution is 6.31. The van der Waals surface area contributed by atoms with E-state index in [-0.39, 0.29) is 11.7 Å². The van der Waals surface area contributed by atoms with Crippen LogP contribution in [0.25, 0.3) is 0 Å². The lowest BCUT2D eigenvalue weighted by molar-refractivity contribution is -0.908. The van der Waals surface area contributed by atoms with Crippen molar-refractivity contribution in [3.63, 3.8) is 0 Å². The Bertz CT molecular complexity index is 674. The summed E-state index contributed by atoms with van der Waals surface area (Å²) < 4.78 is 13.8. The SMILES string of the molecule is C[C@@H](C(=O)Nc1ccc(Cl)cn1)[NH+](C)Cc1c(F)cccc1Cl. The number of carbonyl (C=O) groups excluding carboxylic acids is 1. The lowest BCUT2D eigenvalue weighted by atomic mass is 10.1. The number of anilines is 1. The first-order valence-electron chi connectivity index (χ1n) is 7.06. The lowest BCUT2D eigenvalue weighted by Gasteiger charge is -2.21. The Kier molecular flexibility index (Phi) is 5.93. The number of carbonyl (C=O) groups is 1. The fourth-order valence-electron chi connectivity index (χ4n) is 2.04. The molecule has 4 nitrogen and oxygen atoms in total. The van der Waals surface area contributed by atoms with Crippen LogP contribution in [-0.2, 0) is 11.3 Å². The van der Waals surface area contributed by atoms with Crippen molar-refractivity contribution in [1.82, 2.24) is 4.98 Å². The Labute approximate surface area is 144 Å². The molecule has 0 aliphatic heterocycles. The Morgan fingerprint density at radius 2 is 2.09 bits per heavy atom. The molecule has 1 aromatic carbocycles. The maximum Gasteiger partial charge on any atom is 0.283 e. The second-order valence-corrected chi connectivity index (χ2v) is 6.14. The zero-order valence-corrected chi connectivity index (χ0v) is 14.2. The summed E-state index contributed by atoms with van der Waals surface area (Å²) in [6.07, 6.45) is 1.46. The monoisotopic (exact) mass is 356 g/mol. The van der Waals surface area contributed by atoms with Gasteiger partial charge in [0.1, 0.15) is 18.2 Å². The number of benzene rings is 1. The average molecular weight is 357 g/mol. The van der Waals surface area contributed by atoms with E-state index in [0.29, 0.717) is 28.0 Å². The van der Waals surface area contributed by atoms with Gasteiger partial charge in [-0.25, -0.2) is 9.37 Å². The van der Waals surface area contributed by atoms with Gasteiger partial charge in [0, 0.05) is 6.20 Å². The molecule has 0 saturated heterocycles. The number of hydrogen-bond acceptors (Lipinski definition) is 2. The summed E-state index contributed by atoms with van der Waals surface area (Å²) in [5.74, 6) is -0.170. The maximum absolute atomic E-state index is 13.8. The smallest absolute Gasteiger partial charge is 0.283 e. The Hall–Kier alpha value is -1.69. The number of aromatic nitrogens is 1. The molecular weight excluding hydrogens is 340 g/mol. The average Bonchev–Trinajstić information content (AvgIpc) is 2.52. The predicted octanol–water partition coefficient (Wildman–Crippen LogP) is 2.57. The van der Waals surface area contributed by atoms with Crippen molar-refractivity contribution < 1.29 is 14.1 Å². The number of likely N-dealkylation sites (N-methyl/N-ethyl adjacent to an activating group) is 1. The molecule has 122 valence electrons. The summed E-state index contributed by atoms with van der Waals surface area (Å²) in [5.41, 5.74) is 0.399. The molecule has 1 heterocycles. The van der Waals surface area contributed by atoms with Crippen molar-refractivity contribution in [3.05, 3.63) is 58.0 Å². The highest BCUT2D eigenvalue weighted by atomic mass is 35.5. The first-order valence-corrected chi connectivity index (χ1v) is 7.81. The molecule has 0 aliphatic rings. The van der Waals surface area contributed by atoms with Gasteiger partial charge in [-0.1, -0.05) is 29.3 Å². The van der Waals surface area contributed by atoms with E-state index < -0.39 is 6.04 Å². The third-order valence-corrected chi connectivity index (χ3v) is 4.21. The Balaban J connectivity index is 2.02. The largest absolute Gasteiger partial charge is 0.323 e. The van der Waals surface area contributed by atoms with Gasteiger partial charge in [-0.15, -0.1) is 0 Å². The zero-order chi connectivity index (χ0) is 17.0. The molecule has 1 unspecified atom stereocenters. The third-order valence-electron chi connectivity index (χ3n) is 3.63. The predicted molar refractivity (Wildman–Crippen MR) is 89.3 cm³/mol. The van der Waals surface area contributed by atoms with Crippen molar-refractivity contribution in [2.75, 3.05) is 12.4 Å². The van der Waals surface area contributed by atoms with Crippen molar-refractivity contribution in [2.45, 2.75) is 19.5 Å². The van der Waals surface area contributed by atoms with Gasteiger partial charge in [0.2, 0.25) is 0 Å². The summed E-state index contributed by atoms with van der Waals surface area (Å²) in [4.78, 5) is 17.1. The number of nitrogens with zero attached hydrogens (tertiary/aromatic N) is 1. The highest BCUT2D eigenvalue weighted by Gasteiger charge is 2.24. The van der Waals surface area contributed by atoms with E-state index in [4.69, 9.17) is 23.2 Å². The van der Waals surface area contributed by atoms with Crippen molar-refractivity contribution >= 4 is 34.9 Å². The van der Waals surface area contributed by atoms with E-state index in [1.54, 1.807) is 31.2 Å². The fraction of sp³-hybridized carbons (Fsp3) is 0.250. The molecule has 0 bridgehead atoms. The number of rotatable bonds is 5. The first kappa shape index (κ1) is 17.7. The molecule has 0 spiro atoms. The number of amides is 1. The second kappa shape index (κ2) is 7.73. The number of quaternary nitrogens is 1. The van der Waals surface area contributed by atoms with Crippen LogP contribution in [0.5, 0.6) is 0 Å². The Morgan fingerprint density at radius 3 is 2.70 bits per heavy atom. The zero-order valence-electron chi connectivity index (χ0n) is 12.7. The van der Waals surface area contributed by atoms with Gasteiger partial charge in [-0.2, -0.15) is 0 Å². The van der Waals surface area contributed by atoms with Gasteiger partial charge in [0.15, 0.2) is 6.04 Å². The minimum absolute atomic E-state index is 0.218. The summed E-state index contributed by atoms with van der Waals surface area (Å²) in [7, 11) is 1.81. The summed E-state index contributed by atoms with van der Waals surface area (Å²) >= 11 is 11.8. The van der Waals surface area contributed by atoms with Crippen LogP contribution in [0.2, 0.25) is 10.0 Å². The van der Waals surface area contributed by atoms with Gasteiger partial charge in [-0.3, -0.25) is 4.79 Å². The Morgan fingerprint density at radius 1 is 1.35 bits per heavy atom. The molecule has 0 aliphatic carbocycles. The number of pyridine rings is 1. The molecule has 2 aromatic rings. The van der Waals surface area contributed by atoms with E-state index in [1.807, 2.05) is 7.05 Å². The highest BCUT2D eigenvalue weighted by Crippen LogP contribution is 2.17. The molecule has 0 saturated carbocycles. The molecule has 2 rings (SSSR count). The number of nitrogens with one attached hydrogen (secondary N) is 2. The molecule has 0 fully saturated rings. The van der Waals surface area contributed by atoms with Crippen molar-refractivity contribution in [1.29, 1.82) is 0 Å². The van der Waals surface area contributed by atoms with Crippen LogP contribution < -0.4 is 10.2 Å².